The van der Waals surface area contributed by atoms with Crippen molar-refractivity contribution in [2.75, 3.05) is 10.7 Å². The van der Waals surface area contributed by atoms with Gasteiger partial charge in [-0.2, -0.15) is 4.98 Å². The van der Waals surface area contributed by atoms with Gasteiger partial charge in [0.2, 0.25) is 5.95 Å². The second kappa shape index (κ2) is 4.23. The van der Waals surface area contributed by atoms with E-state index in [-0.39, 0.29) is 0 Å². The third-order valence-electron chi connectivity index (χ3n) is 2.07. The summed E-state index contributed by atoms with van der Waals surface area (Å²) in [6.07, 6.45) is 0. The average Bonchev–Trinajstić information content (AvgIpc) is 2.57. The molecule has 2 heterocycles. The van der Waals surface area contributed by atoms with Crippen molar-refractivity contribution in [1.29, 1.82) is 0 Å². The molecule has 0 fully saturated rings. The fraction of sp³-hybridized carbons (Fsp3) is 0.400. The minimum atomic E-state index is 0.323. The van der Waals surface area contributed by atoms with Crippen LogP contribution in [0.4, 0.5) is 11.8 Å². The predicted molar refractivity (Wildman–Crippen MR) is 68.7 cm³/mol. The highest BCUT2D eigenvalue weighted by atomic mass is 32.1. The van der Waals surface area contributed by atoms with Crippen LogP contribution in [0.2, 0.25) is 0 Å². The normalized spacial score (nSPS) is 11.1. The number of nitrogen functional groups attached to an aromatic ring is 1. The Labute approximate surface area is 98.1 Å². The van der Waals surface area contributed by atoms with Gasteiger partial charge in [-0.25, -0.2) is 10.8 Å². The van der Waals surface area contributed by atoms with E-state index >= 15 is 0 Å². The molecule has 0 bridgehead atoms. The molecule has 86 valence electrons. The monoisotopic (exact) mass is 237 g/mol. The lowest BCUT2D eigenvalue weighted by Crippen LogP contribution is -2.15. The van der Waals surface area contributed by atoms with E-state index in [0.29, 0.717) is 12.0 Å². The van der Waals surface area contributed by atoms with Crippen molar-refractivity contribution in [3.8, 4) is 0 Å². The Morgan fingerprint density at radius 1 is 1.38 bits per heavy atom. The van der Waals surface area contributed by atoms with Crippen LogP contribution in [-0.2, 0) is 0 Å². The Morgan fingerprint density at radius 3 is 2.75 bits per heavy atom. The lowest BCUT2D eigenvalue weighted by atomic mass is 10.3. The highest BCUT2D eigenvalue weighted by Gasteiger charge is 2.10. The summed E-state index contributed by atoms with van der Waals surface area (Å²) in [6, 6.07) is 2.41. The smallest absolute Gasteiger partial charge is 0.240 e. The zero-order chi connectivity index (χ0) is 11.7. The predicted octanol–water partition coefficient (Wildman–Crippen LogP) is 2.11. The van der Waals surface area contributed by atoms with Crippen LogP contribution in [0.25, 0.3) is 10.2 Å². The van der Waals surface area contributed by atoms with E-state index in [1.54, 1.807) is 11.3 Å². The molecule has 2 aromatic rings. The minimum absolute atomic E-state index is 0.323. The van der Waals surface area contributed by atoms with E-state index < -0.39 is 0 Å². The number of fused-ring (bicyclic) bond motifs is 1. The standard InChI is InChI=1S/C10H15N5S/c1-5(2)12-8-7-4-6(3)16-9(7)14-10(13-8)15-11/h4-5H,11H2,1-3H3,(H2,12,13,14,15). The van der Waals surface area contributed by atoms with Gasteiger partial charge in [0, 0.05) is 10.9 Å². The summed E-state index contributed by atoms with van der Waals surface area (Å²) in [4.78, 5) is 10.8. The van der Waals surface area contributed by atoms with Crippen molar-refractivity contribution in [1.82, 2.24) is 9.97 Å². The summed E-state index contributed by atoms with van der Waals surface area (Å²) in [6.45, 7) is 6.20. The number of aromatic nitrogens is 2. The molecule has 0 saturated heterocycles. The summed E-state index contributed by atoms with van der Waals surface area (Å²) in [5.74, 6) is 6.62. The van der Waals surface area contributed by atoms with Crippen LogP contribution in [0.3, 0.4) is 0 Å². The first-order valence-electron chi connectivity index (χ1n) is 5.11. The van der Waals surface area contributed by atoms with Crippen molar-refractivity contribution in [3.63, 3.8) is 0 Å². The maximum absolute atomic E-state index is 5.35. The molecule has 0 unspecified atom stereocenters. The molecule has 0 spiro atoms. The van der Waals surface area contributed by atoms with Gasteiger partial charge in [0.1, 0.15) is 10.6 Å². The van der Waals surface area contributed by atoms with Crippen LogP contribution in [-0.4, -0.2) is 16.0 Å². The topological polar surface area (TPSA) is 75.9 Å². The zero-order valence-corrected chi connectivity index (χ0v) is 10.4. The van der Waals surface area contributed by atoms with E-state index in [1.807, 2.05) is 0 Å². The number of aryl methyl sites for hydroxylation is 1. The van der Waals surface area contributed by atoms with Gasteiger partial charge < -0.3 is 5.32 Å². The lowest BCUT2D eigenvalue weighted by molar-refractivity contribution is 0.890. The van der Waals surface area contributed by atoms with E-state index in [9.17, 15) is 0 Å². The molecule has 2 aromatic heterocycles. The molecule has 16 heavy (non-hydrogen) atoms. The van der Waals surface area contributed by atoms with Gasteiger partial charge in [0.15, 0.2) is 0 Å². The summed E-state index contributed by atoms with van der Waals surface area (Å²) in [5.41, 5.74) is 2.49. The number of anilines is 2. The third-order valence-corrected chi connectivity index (χ3v) is 3.01. The van der Waals surface area contributed by atoms with Crippen LogP contribution in [0.5, 0.6) is 0 Å². The average molecular weight is 237 g/mol. The molecule has 0 saturated carbocycles. The second-order valence-corrected chi connectivity index (χ2v) is 5.15. The van der Waals surface area contributed by atoms with Gasteiger partial charge in [0.05, 0.1) is 5.39 Å². The van der Waals surface area contributed by atoms with E-state index in [2.05, 4.69) is 47.5 Å². The van der Waals surface area contributed by atoms with Crippen molar-refractivity contribution in [2.24, 2.45) is 5.84 Å². The number of nitrogens with one attached hydrogen (secondary N) is 2. The quantitative estimate of drug-likeness (QED) is 0.563. The molecule has 0 radical (unpaired) electrons. The Morgan fingerprint density at radius 2 is 2.12 bits per heavy atom. The van der Waals surface area contributed by atoms with E-state index in [1.165, 1.54) is 4.88 Å². The number of nitrogens with two attached hydrogens (primary N) is 1. The molecule has 0 aliphatic heterocycles. The van der Waals surface area contributed by atoms with Crippen LogP contribution in [0, 0.1) is 6.92 Å². The van der Waals surface area contributed by atoms with Gasteiger partial charge in [-0.1, -0.05) is 0 Å². The largest absolute Gasteiger partial charge is 0.367 e. The van der Waals surface area contributed by atoms with Gasteiger partial charge in [-0.05, 0) is 26.8 Å². The summed E-state index contributed by atoms with van der Waals surface area (Å²) < 4.78 is 0. The van der Waals surface area contributed by atoms with Crippen molar-refractivity contribution in [2.45, 2.75) is 26.8 Å². The zero-order valence-electron chi connectivity index (χ0n) is 9.53. The molecule has 0 aromatic carbocycles. The molecule has 0 atom stereocenters. The number of rotatable bonds is 3. The third kappa shape index (κ3) is 2.07. The summed E-state index contributed by atoms with van der Waals surface area (Å²) >= 11 is 1.64. The summed E-state index contributed by atoms with van der Waals surface area (Å²) in [5, 5.41) is 4.35. The van der Waals surface area contributed by atoms with Gasteiger partial charge in [0.25, 0.3) is 0 Å². The minimum Gasteiger partial charge on any atom is -0.367 e. The van der Waals surface area contributed by atoms with Crippen molar-refractivity contribution in [3.05, 3.63) is 10.9 Å². The second-order valence-electron chi connectivity index (χ2n) is 3.92. The number of hydrogen-bond acceptors (Lipinski definition) is 6. The Balaban J connectivity index is 2.58. The van der Waals surface area contributed by atoms with Crippen LogP contribution >= 0.6 is 11.3 Å². The van der Waals surface area contributed by atoms with E-state index in [0.717, 1.165) is 16.0 Å². The molecule has 0 aliphatic carbocycles. The Bertz CT molecular complexity index is 505. The maximum atomic E-state index is 5.35. The molecular weight excluding hydrogens is 222 g/mol. The van der Waals surface area contributed by atoms with E-state index in [4.69, 9.17) is 5.84 Å². The van der Waals surface area contributed by atoms with Crippen molar-refractivity contribution >= 4 is 33.3 Å². The highest BCUT2D eigenvalue weighted by molar-refractivity contribution is 7.18. The van der Waals surface area contributed by atoms with Gasteiger partial charge >= 0.3 is 0 Å². The number of hydrogen-bond donors (Lipinski definition) is 3. The molecule has 0 aliphatic rings. The maximum Gasteiger partial charge on any atom is 0.240 e. The first-order chi connectivity index (χ1) is 7.60. The molecular formula is C10H15N5S. The molecule has 4 N–H and O–H groups in total. The number of hydrazine groups is 1. The molecule has 6 heteroatoms. The number of nitrogens with zero attached hydrogens (tertiary/aromatic N) is 2. The molecule has 0 amide bonds. The fourth-order valence-corrected chi connectivity index (χ4v) is 2.37. The molecule has 2 rings (SSSR count). The van der Waals surface area contributed by atoms with Crippen LogP contribution in [0.1, 0.15) is 18.7 Å². The SMILES string of the molecule is Cc1cc2c(NC(C)C)nc(NN)nc2s1. The van der Waals surface area contributed by atoms with Gasteiger partial charge in [-0.3, -0.25) is 5.43 Å². The Kier molecular flexibility index (Phi) is 2.93. The Hall–Kier alpha value is -1.40. The number of thiophene rings is 1. The summed E-state index contributed by atoms with van der Waals surface area (Å²) in [7, 11) is 0. The lowest BCUT2D eigenvalue weighted by Gasteiger charge is -2.10. The fourth-order valence-electron chi connectivity index (χ4n) is 1.49. The first kappa shape index (κ1) is 11.1. The van der Waals surface area contributed by atoms with Gasteiger partial charge in [-0.15, -0.1) is 11.3 Å². The molecule has 5 nitrogen and oxygen atoms in total. The van der Waals surface area contributed by atoms with Crippen LogP contribution < -0.4 is 16.6 Å². The highest BCUT2D eigenvalue weighted by Crippen LogP contribution is 2.29. The van der Waals surface area contributed by atoms with Crippen LogP contribution in [0.15, 0.2) is 6.07 Å². The first-order valence-corrected chi connectivity index (χ1v) is 5.93. The van der Waals surface area contributed by atoms with Crippen molar-refractivity contribution < 1.29 is 0 Å².